The van der Waals surface area contributed by atoms with Crippen molar-refractivity contribution in [1.82, 2.24) is 4.98 Å². The maximum atomic E-state index is 13.2. The van der Waals surface area contributed by atoms with E-state index >= 15 is 0 Å². The van der Waals surface area contributed by atoms with Crippen molar-refractivity contribution in [1.29, 1.82) is 0 Å². The summed E-state index contributed by atoms with van der Waals surface area (Å²) in [5, 5.41) is 3.47. The molecule has 0 aliphatic heterocycles. The minimum absolute atomic E-state index is 0.103. The first kappa shape index (κ1) is 9.33. The number of rotatable bonds is 2. The molecule has 0 aliphatic carbocycles. The first-order chi connectivity index (χ1) is 6.72. The summed E-state index contributed by atoms with van der Waals surface area (Å²) >= 11 is 1.13. The maximum absolute atomic E-state index is 13.2. The molecule has 0 unspecified atom stereocenters. The molecular formula is C9H8F2N2S. The molecule has 1 N–H and O–H groups in total. The number of thiazole rings is 1. The summed E-state index contributed by atoms with van der Waals surface area (Å²) in [6.07, 6.45) is 0. The van der Waals surface area contributed by atoms with Crippen LogP contribution in [0.15, 0.2) is 12.1 Å². The summed E-state index contributed by atoms with van der Waals surface area (Å²) in [4.78, 5) is 3.96. The average molecular weight is 214 g/mol. The van der Waals surface area contributed by atoms with Gasteiger partial charge in [-0.25, -0.2) is 13.8 Å². The standard InChI is InChI=1S/C9H8F2N2S/c1-2-12-9-13-7-5(10)3-4-6(11)8(7)14-9/h3-4H,2H2,1H3,(H,12,13). The van der Waals surface area contributed by atoms with Gasteiger partial charge in [-0.2, -0.15) is 0 Å². The van der Waals surface area contributed by atoms with Gasteiger partial charge in [0.05, 0.1) is 4.70 Å². The number of halogens is 2. The number of hydrogen-bond donors (Lipinski definition) is 1. The van der Waals surface area contributed by atoms with Crippen LogP contribution in [-0.4, -0.2) is 11.5 Å². The van der Waals surface area contributed by atoms with Crippen LogP contribution >= 0.6 is 11.3 Å². The van der Waals surface area contributed by atoms with Crippen LogP contribution in [0, 0.1) is 11.6 Å². The predicted octanol–water partition coefficient (Wildman–Crippen LogP) is 3.01. The zero-order chi connectivity index (χ0) is 10.1. The van der Waals surface area contributed by atoms with E-state index in [1.54, 1.807) is 0 Å². The molecule has 5 heteroatoms. The molecule has 0 amide bonds. The van der Waals surface area contributed by atoms with Gasteiger partial charge in [0, 0.05) is 6.54 Å². The lowest BCUT2D eigenvalue weighted by Crippen LogP contribution is -1.94. The maximum Gasteiger partial charge on any atom is 0.183 e. The summed E-state index contributed by atoms with van der Waals surface area (Å²) in [6, 6.07) is 2.21. The minimum atomic E-state index is -0.484. The third-order valence-electron chi connectivity index (χ3n) is 1.77. The Morgan fingerprint density at radius 1 is 1.36 bits per heavy atom. The highest BCUT2D eigenvalue weighted by Gasteiger charge is 2.11. The van der Waals surface area contributed by atoms with Crippen LogP contribution < -0.4 is 5.32 Å². The number of hydrogen-bond acceptors (Lipinski definition) is 3. The van der Waals surface area contributed by atoms with E-state index in [0.717, 1.165) is 23.5 Å². The molecular weight excluding hydrogens is 206 g/mol. The number of aromatic nitrogens is 1. The molecule has 0 saturated carbocycles. The molecule has 2 aromatic rings. The third-order valence-corrected chi connectivity index (χ3v) is 2.80. The van der Waals surface area contributed by atoms with E-state index < -0.39 is 11.6 Å². The van der Waals surface area contributed by atoms with Crippen molar-refractivity contribution in [3.63, 3.8) is 0 Å². The van der Waals surface area contributed by atoms with E-state index in [0.29, 0.717) is 11.7 Å². The van der Waals surface area contributed by atoms with Crippen molar-refractivity contribution < 1.29 is 8.78 Å². The molecule has 0 saturated heterocycles. The van der Waals surface area contributed by atoms with Gasteiger partial charge in [0.1, 0.15) is 11.3 Å². The summed E-state index contributed by atoms with van der Waals surface area (Å²) < 4.78 is 26.6. The molecule has 1 aromatic heterocycles. The van der Waals surface area contributed by atoms with E-state index in [1.807, 2.05) is 6.92 Å². The molecule has 2 rings (SSSR count). The van der Waals surface area contributed by atoms with Crippen molar-refractivity contribution >= 4 is 26.7 Å². The van der Waals surface area contributed by atoms with Crippen molar-refractivity contribution in [3.05, 3.63) is 23.8 Å². The highest BCUT2D eigenvalue weighted by atomic mass is 32.1. The lowest BCUT2D eigenvalue weighted by atomic mass is 10.3. The van der Waals surface area contributed by atoms with Crippen LogP contribution in [0.5, 0.6) is 0 Å². The average Bonchev–Trinajstić information content (AvgIpc) is 2.57. The van der Waals surface area contributed by atoms with Crippen molar-refractivity contribution in [2.24, 2.45) is 0 Å². The Hall–Kier alpha value is -1.23. The predicted molar refractivity (Wildman–Crippen MR) is 53.7 cm³/mol. The fraction of sp³-hybridized carbons (Fsp3) is 0.222. The van der Waals surface area contributed by atoms with Gasteiger partial charge in [0.15, 0.2) is 10.9 Å². The third kappa shape index (κ3) is 1.43. The van der Waals surface area contributed by atoms with Gasteiger partial charge in [-0.05, 0) is 19.1 Å². The topological polar surface area (TPSA) is 24.9 Å². The van der Waals surface area contributed by atoms with E-state index in [1.165, 1.54) is 0 Å². The van der Waals surface area contributed by atoms with Gasteiger partial charge in [0.2, 0.25) is 0 Å². The quantitative estimate of drug-likeness (QED) is 0.831. The second-order valence-corrected chi connectivity index (χ2v) is 3.76. The highest BCUT2D eigenvalue weighted by molar-refractivity contribution is 7.22. The van der Waals surface area contributed by atoms with Crippen molar-refractivity contribution in [2.75, 3.05) is 11.9 Å². The van der Waals surface area contributed by atoms with E-state index in [2.05, 4.69) is 10.3 Å². The smallest absolute Gasteiger partial charge is 0.183 e. The van der Waals surface area contributed by atoms with Gasteiger partial charge in [0.25, 0.3) is 0 Å². The molecule has 14 heavy (non-hydrogen) atoms. The number of benzene rings is 1. The summed E-state index contributed by atoms with van der Waals surface area (Å²) in [5.74, 6) is -0.912. The van der Waals surface area contributed by atoms with Crippen LogP contribution in [0.3, 0.4) is 0 Å². The van der Waals surface area contributed by atoms with Crippen LogP contribution in [-0.2, 0) is 0 Å². The molecule has 1 heterocycles. The Morgan fingerprint density at radius 2 is 2.07 bits per heavy atom. The molecule has 0 fully saturated rings. The number of nitrogens with one attached hydrogen (secondary N) is 1. The first-order valence-electron chi connectivity index (χ1n) is 4.20. The van der Waals surface area contributed by atoms with Crippen LogP contribution in [0.25, 0.3) is 10.2 Å². The zero-order valence-electron chi connectivity index (χ0n) is 7.47. The molecule has 0 spiro atoms. The number of anilines is 1. The first-order valence-corrected chi connectivity index (χ1v) is 5.02. The lowest BCUT2D eigenvalue weighted by Gasteiger charge is -1.92. The van der Waals surface area contributed by atoms with E-state index in [9.17, 15) is 8.78 Å². The van der Waals surface area contributed by atoms with Crippen molar-refractivity contribution in [2.45, 2.75) is 6.92 Å². The number of fused-ring (bicyclic) bond motifs is 1. The Kier molecular flexibility index (Phi) is 2.33. The Balaban J connectivity index is 2.63. The van der Waals surface area contributed by atoms with Crippen molar-refractivity contribution in [3.8, 4) is 0 Å². The summed E-state index contributed by atoms with van der Waals surface area (Å²) in [5.41, 5.74) is 0.103. The summed E-state index contributed by atoms with van der Waals surface area (Å²) in [6.45, 7) is 2.59. The molecule has 1 aromatic carbocycles. The molecule has 74 valence electrons. The monoisotopic (exact) mass is 214 g/mol. The molecule has 0 radical (unpaired) electrons. The van der Waals surface area contributed by atoms with E-state index in [-0.39, 0.29) is 10.2 Å². The van der Waals surface area contributed by atoms with Gasteiger partial charge >= 0.3 is 0 Å². The molecule has 0 bridgehead atoms. The Morgan fingerprint density at radius 3 is 2.71 bits per heavy atom. The van der Waals surface area contributed by atoms with Gasteiger partial charge in [-0.15, -0.1) is 0 Å². The SMILES string of the molecule is CCNc1nc2c(F)ccc(F)c2s1. The number of nitrogens with zero attached hydrogens (tertiary/aromatic N) is 1. The lowest BCUT2D eigenvalue weighted by molar-refractivity contribution is 0.617. The molecule has 0 aliphatic rings. The fourth-order valence-corrected chi connectivity index (χ4v) is 2.12. The second-order valence-electron chi connectivity index (χ2n) is 2.76. The highest BCUT2D eigenvalue weighted by Crippen LogP contribution is 2.29. The largest absolute Gasteiger partial charge is 0.362 e. The molecule has 2 nitrogen and oxygen atoms in total. The summed E-state index contributed by atoms with van der Waals surface area (Å²) in [7, 11) is 0. The van der Waals surface area contributed by atoms with Gasteiger partial charge in [-0.1, -0.05) is 11.3 Å². The minimum Gasteiger partial charge on any atom is -0.362 e. The Bertz CT molecular complexity index is 428. The van der Waals surface area contributed by atoms with E-state index in [4.69, 9.17) is 0 Å². The second kappa shape index (κ2) is 3.49. The normalized spacial score (nSPS) is 10.8. The van der Waals surface area contributed by atoms with Crippen LogP contribution in [0.2, 0.25) is 0 Å². The van der Waals surface area contributed by atoms with Crippen LogP contribution in [0.4, 0.5) is 13.9 Å². The molecule has 0 atom stereocenters. The fourth-order valence-electron chi connectivity index (χ4n) is 1.17. The van der Waals surface area contributed by atoms with Crippen LogP contribution in [0.1, 0.15) is 6.92 Å². The van der Waals surface area contributed by atoms with Gasteiger partial charge < -0.3 is 5.32 Å². The van der Waals surface area contributed by atoms with Gasteiger partial charge in [-0.3, -0.25) is 0 Å². The zero-order valence-corrected chi connectivity index (χ0v) is 8.29. The Labute approximate surface area is 83.6 Å².